The van der Waals surface area contributed by atoms with Crippen molar-refractivity contribution in [2.24, 2.45) is 0 Å². The summed E-state index contributed by atoms with van der Waals surface area (Å²) in [7, 11) is 0. The fourth-order valence-corrected chi connectivity index (χ4v) is 2.47. The van der Waals surface area contributed by atoms with Gasteiger partial charge in [0.15, 0.2) is 5.16 Å². The third-order valence-electron chi connectivity index (χ3n) is 1.78. The van der Waals surface area contributed by atoms with Gasteiger partial charge >= 0.3 is 0 Å². The molecule has 1 aliphatic rings. The molecule has 4 nitrogen and oxygen atoms in total. The molecule has 0 unspecified atom stereocenters. The van der Waals surface area contributed by atoms with Crippen LogP contribution in [-0.4, -0.2) is 34.7 Å². The summed E-state index contributed by atoms with van der Waals surface area (Å²) in [6, 6.07) is 1.81. The smallest absolute Gasteiger partial charge is 0.190 e. The van der Waals surface area contributed by atoms with Crippen molar-refractivity contribution < 1.29 is 4.74 Å². The lowest BCUT2D eigenvalue weighted by molar-refractivity contribution is 0.0454. The molecular weight excluding hydrogens is 218 g/mol. The Hall–Kier alpha value is -0.460. The summed E-state index contributed by atoms with van der Waals surface area (Å²) in [5.74, 6) is 0.534. The van der Waals surface area contributed by atoms with E-state index in [1.807, 2.05) is 12.3 Å². The Labute approximate surface area is 91.0 Å². The molecular formula is C8H11N3OS2. The maximum absolute atomic E-state index is 5.66. The van der Waals surface area contributed by atoms with E-state index in [1.54, 1.807) is 11.8 Å². The standard InChI is InChI=1S/C8H11N3OS2/c1-13-8-10-6(9)2-7(11-8)14-5-3-12-4-5/h2,5H,3-4H2,1H3,(H2,9,10,11). The second-order valence-electron chi connectivity index (χ2n) is 2.90. The van der Waals surface area contributed by atoms with Crippen molar-refractivity contribution in [3.63, 3.8) is 0 Å². The van der Waals surface area contributed by atoms with E-state index in [0.29, 0.717) is 11.1 Å². The van der Waals surface area contributed by atoms with Crippen LogP contribution in [0.2, 0.25) is 0 Å². The Balaban J connectivity index is 2.11. The van der Waals surface area contributed by atoms with Gasteiger partial charge in [-0.15, -0.1) is 0 Å². The Morgan fingerprint density at radius 1 is 1.50 bits per heavy atom. The van der Waals surface area contributed by atoms with Crippen molar-refractivity contribution in [3.05, 3.63) is 6.07 Å². The molecule has 1 aromatic heterocycles. The molecule has 76 valence electrons. The maximum atomic E-state index is 5.66. The van der Waals surface area contributed by atoms with Gasteiger partial charge in [0, 0.05) is 6.07 Å². The Kier molecular flexibility index (Phi) is 3.15. The highest BCUT2D eigenvalue weighted by Crippen LogP contribution is 2.28. The molecule has 1 aromatic rings. The van der Waals surface area contributed by atoms with Gasteiger partial charge in [-0.2, -0.15) is 0 Å². The largest absolute Gasteiger partial charge is 0.384 e. The summed E-state index contributed by atoms with van der Waals surface area (Å²) in [5.41, 5.74) is 5.66. The minimum Gasteiger partial charge on any atom is -0.384 e. The van der Waals surface area contributed by atoms with Crippen molar-refractivity contribution >= 4 is 29.3 Å². The van der Waals surface area contributed by atoms with Gasteiger partial charge in [0.1, 0.15) is 10.8 Å². The molecule has 0 aromatic carbocycles. The van der Waals surface area contributed by atoms with Crippen LogP contribution in [0.5, 0.6) is 0 Å². The van der Waals surface area contributed by atoms with Crippen LogP contribution < -0.4 is 5.73 Å². The van der Waals surface area contributed by atoms with Crippen LogP contribution >= 0.6 is 23.5 Å². The quantitative estimate of drug-likeness (QED) is 0.478. The Morgan fingerprint density at radius 2 is 2.29 bits per heavy atom. The van der Waals surface area contributed by atoms with Crippen molar-refractivity contribution in [1.82, 2.24) is 9.97 Å². The van der Waals surface area contributed by atoms with Crippen molar-refractivity contribution in [2.75, 3.05) is 25.2 Å². The molecule has 1 aliphatic heterocycles. The monoisotopic (exact) mass is 229 g/mol. The number of nitrogens with two attached hydrogens (primary N) is 1. The Bertz CT molecular complexity index is 330. The molecule has 2 rings (SSSR count). The summed E-state index contributed by atoms with van der Waals surface area (Å²) in [4.78, 5) is 8.44. The molecule has 0 amide bonds. The maximum Gasteiger partial charge on any atom is 0.190 e. The number of hydrogen-bond acceptors (Lipinski definition) is 6. The highest BCUT2D eigenvalue weighted by molar-refractivity contribution is 8.00. The highest BCUT2D eigenvalue weighted by Gasteiger charge is 2.20. The molecule has 0 bridgehead atoms. The van der Waals surface area contributed by atoms with Crippen LogP contribution in [0.3, 0.4) is 0 Å². The first kappa shape index (κ1) is 10.1. The summed E-state index contributed by atoms with van der Waals surface area (Å²) in [6.45, 7) is 1.62. The summed E-state index contributed by atoms with van der Waals surface area (Å²) in [6.07, 6.45) is 1.94. The third kappa shape index (κ3) is 2.31. The number of nitrogens with zero attached hydrogens (tertiary/aromatic N) is 2. The van der Waals surface area contributed by atoms with Gasteiger partial charge in [0.25, 0.3) is 0 Å². The van der Waals surface area contributed by atoms with Gasteiger partial charge in [-0.25, -0.2) is 9.97 Å². The molecule has 1 saturated heterocycles. The first-order valence-electron chi connectivity index (χ1n) is 4.21. The van der Waals surface area contributed by atoms with Crippen LogP contribution in [0.4, 0.5) is 5.82 Å². The van der Waals surface area contributed by atoms with Gasteiger partial charge in [0.05, 0.1) is 18.5 Å². The second-order valence-corrected chi connectivity index (χ2v) is 4.99. The van der Waals surface area contributed by atoms with E-state index in [1.165, 1.54) is 11.8 Å². The van der Waals surface area contributed by atoms with Gasteiger partial charge in [-0.05, 0) is 6.26 Å². The van der Waals surface area contributed by atoms with Gasteiger partial charge in [0.2, 0.25) is 0 Å². The first-order valence-corrected chi connectivity index (χ1v) is 6.31. The summed E-state index contributed by atoms with van der Waals surface area (Å²) in [5, 5.41) is 2.20. The molecule has 0 aliphatic carbocycles. The minimum absolute atomic E-state index is 0.527. The molecule has 1 fully saturated rings. The normalized spacial score (nSPS) is 16.6. The number of ether oxygens (including phenoxy) is 1. The van der Waals surface area contributed by atoms with E-state index in [9.17, 15) is 0 Å². The highest BCUT2D eigenvalue weighted by atomic mass is 32.2. The van der Waals surface area contributed by atoms with E-state index >= 15 is 0 Å². The van der Waals surface area contributed by atoms with E-state index in [0.717, 1.165) is 23.4 Å². The number of hydrogen-bond donors (Lipinski definition) is 1. The zero-order valence-electron chi connectivity index (χ0n) is 7.77. The topological polar surface area (TPSA) is 61.0 Å². The molecule has 6 heteroatoms. The van der Waals surface area contributed by atoms with Crippen LogP contribution in [-0.2, 0) is 4.74 Å². The van der Waals surface area contributed by atoms with Gasteiger partial charge in [-0.1, -0.05) is 23.5 Å². The van der Waals surface area contributed by atoms with E-state index in [4.69, 9.17) is 10.5 Å². The molecule has 0 radical (unpaired) electrons. The number of rotatable bonds is 3. The molecule has 0 atom stereocenters. The van der Waals surface area contributed by atoms with E-state index in [-0.39, 0.29) is 0 Å². The lowest BCUT2D eigenvalue weighted by atomic mass is 10.4. The van der Waals surface area contributed by atoms with Crippen LogP contribution in [0, 0.1) is 0 Å². The SMILES string of the molecule is CSc1nc(N)cc(SC2COC2)n1. The van der Waals surface area contributed by atoms with Crippen LogP contribution in [0.25, 0.3) is 0 Å². The van der Waals surface area contributed by atoms with E-state index in [2.05, 4.69) is 9.97 Å². The number of thioether (sulfide) groups is 2. The Morgan fingerprint density at radius 3 is 2.86 bits per heavy atom. The van der Waals surface area contributed by atoms with Crippen molar-refractivity contribution in [1.29, 1.82) is 0 Å². The van der Waals surface area contributed by atoms with Crippen molar-refractivity contribution in [3.8, 4) is 0 Å². The van der Waals surface area contributed by atoms with Crippen LogP contribution in [0.1, 0.15) is 0 Å². The molecule has 14 heavy (non-hydrogen) atoms. The zero-order chi connectivity index (χ0) is 9.97. The van der Waals surface area contributed by atoms with Crippen LogP contribution in [0.15, 0.2) is 16.2 Å². The third-order valence-corrected chi connectivity index (χ3v) is 3.38. The molecule has 2 heterocycles. The first-order chi connectivity index (χ1) is 6.78. The number of anilines is 1. The number of nitrogen functional groups attached to an aromatic ring is 1. The fraction of sp³-hybridized carbons (Fsp3) is 0.500. The van der Waals surface area contributed by atoms with Gasteiger partial charge < -0.3 is 10.5 Å². The predicted octanol–water partition coefficient (Wildman–Crippen LogP) is 1.27. The average molecular weight is 229 g/mol. The van der Waals surface area contributed by atoms with Crippen molar-refractivity contribution in [2.45, 2.75) is 15.4 Å². The molecule has 0 spiro atoms. The zero-order valence-corrected chi connectivity index (χ0v) is 9.40. The predicted molar refractivity (Wildman–Crippen MR) is 58.7 cm³/mol. The fourth-order valence-electron chi connectivity index (χ4n) is 1.03. The average Bonchev–Trinajstić information content (AvgIpc) is 2.10. The molecule has 2 N–H and O–H groups in total. The molecule has 0 saturated carbocycles. The van der Waals surface area contributed by atoms with Gasteiger partial charge in [-0.3, -0.25) is 0 Å². The lowest BCUT2D eigenvalue weighted by Crippen LogP contribution is -2.30. The minimum atomic E-state index is 0.527. The summed E-state index contributed by atoms with van der Waals surface area (Å²) < 4.78 is 5.09. The lowest BCUT2D eigenvalue weighted by Gasteiger charge is -2.24. The summed E-state index contributed by atoms with van der Waals surface area (Å²) >= 11 is 3.21. The van der Waals surface area contributed by atoms with E-state index < -0.39 is 0 Å². The second kappa shape index (κ2) is 4.37. The number of aromatic nitrogens is 2.